The molecule has 0 radical (unpaired) electrons. The van der Waals surface area contributed by atoms with E-state index in [1.807, 2.05) is 0 Å². The van der Waals surface area contributed by atoms with Gasteiger partial charge in [-0.15, -0.1) is 0 Å². The molecule has 0 atom stereocenters. The van der Waals surface area contributed by atoms with Crippen molar-refractivity contribution in [3.8, 4) is 0 Å². The fraction of sp³-hybridized carbons (Fsp3) is 0.154. The van der Waals surface area contributed by atoms with E-state index in [4.69, 9.17) is 5.73 Å². The predicted molar refractivity (Wildman–Crippen MR) is 81.8 cm³/mol. The van der Waals surface area contributed by atoms with Crippen LogP contribution in [0, 0.1) is 12.7 Å². The Labute approximate surface area is 130 Å². The highest BCUT2D eigenvalue weighted by Crippen LogP contribution is 2.23. The van der Waals surface area contributed by atoms with E-state index in [-0.39, 0.29) is 17.3 Å². The highest BCUT2D eigenvalue weighted by atomic mass is 79.9. The molecule has 0 aliphatic rings. The Bertz CT molecular complexity index is 781. The third-order valence-corrected chi connectivity index (χ3v) is 4.67. The van der Waals surface area contributed by atoms with Gasteiger partial charge in [0, 0.05) is 17.2 Å². The fourth-order valence-electron chi connectivity index (χ4n) is 1.78. The third kappa shape index (κ3) is 3.58. The number of hydrogen-bond acceptors (Lipinski definition) is 4. The summed E-state index contributed by atoms with van der Waals surface area (Å²) in [5, 5.41) is 0. The van der Waals surface area contributed by atoms with Crippen LogP contribution in [0.1, 0.15) is 11.1 Å². The number of nitrogens with one attached hydrogen (secondary N) is 1. The van der Waals surface area contributed by atoms with Crippen LogP contribution in [0.5, 0.6) is 0 Å². The van der Waals surface area contributed by atoms with Crippen LogP contribution in [-0.2, 0) is 16.6 Å². The summed E-state index contributed by atoms with van der Waals surface area (Å²) in [4.78, 5) is 3.82. The quantitative estimate of drug-likeness (QED) is 0.862. The number of aryl methyl sites for hydroxylation is 1. The molecule has 0 fully saturated rings. The summed E-state index contributed by atoms with van der Waals surface area (Å²) in [5.74, 6) is -0.460. The summed E-state index contributed by atoms with van der Waals surface area (Å²) in [5.41, 5.74) is 6.47. The SMILES string of the molecule is Cc1cc(Br)cnc1NS(=O)(=O)c1cc(F)ccc1CN. The molecule has 0 saturated carbocycles. The largest absolute Gasteiger partial charge is 0.326 e. The summed E-state index contributed by atoms with van der Waals surface area (Å²) in [6.45, 7) is 1.70. The van der Waals surface area contributed by atoms with Crippen LogP contribution in [0.2, 0.25) is 0 Å². The van der Waals surface area contributed by atoms with Gasteiger partial charge in [0.2, 0.25) is 0 Å². The topological polar surface area (TPSA) is 85.1 Å². The van der Waals surface area contributed by atoms with Gasteiger partial charge in [0.05, 0.1) is 4.90 Å². The van der Waals surface area contributed by atoms with Crippen LogP contribution in [0.25, 0.3) is 0 Å². The number of nitrogens with two attached hydrogens (primary N) is 1. The number of anilines is 1. The van der Waals surface area contributed by atoms with Crippen molar-refractivity contribution in [2.24, 2.45) is 5.73 Å². The monoisotopic (exact) mass is 373 g/mol. The normalized spacial score (nSPS) is 11.4. The lowest BCUT2D eigenvalue weighted by Crippen LogP contribution is -2.18. The van der Waals surface area contributed by atoms with E-state index < -0.39 is 15.8 Å². The average Bonchev–Trinajstić information content (AvgIpc) is 2.42. The lowest BCUT2D eigenvalue weighted by Gasteiger charge is -2.12. The number of nitrogens with zero attached hydrogens (tertiary/aromatic N) is 1. The first kappa shape index (κ1) is 15.9. The molecule has 3 N–H and O–H groups in total. The molecule has 8 heteroatoms. The van der Waals surface area contributed by atoms with E-state index in [0.29, 0.717) is 11.1 Å². The highest BCUT2D eigenvalue weighted by Gasteiger charge is 2.20. The van der Waals surface area contributed by atoms with Crippen LogP contribution in [0.4, 0.5) is 10.2 Å². The molecular weight excluding hydrogens is 361 g/mol. The molecule has 0 aliphatic carbocycles. The van der Waals surface area contributed by atoms with Crippen molar-refractivity contribution in [1.82, 2.24) is 4.98 Å². The van der Waals surface area contributed by atoms with Crippen molar-refractivity contribution in [3.63, 3.8) is 0 Å². The second kappa shape index (κ2) is 6.08. The average molecular weight is 374 g/mol. The van der Waals surface area contributed by atoms with E-state index in [1.54, 1.807) is 13.0 Å². The van der Waals surface area contributed by atoms with Gasteiger partial charge in [0.15, 0.2) is 0 Å². The standard InChI is InChI=1S/C13H13BrFN3O2S/c1-8-4-10(14)7-17-13(8)18-21(19,20)12-5-11(15)3-2-9(12)6-16/h2-5,7H,6,16H2,1H3,(H,17,18). The van der Waals surface area contributed by atoms with E-state index in [9.17, 15) is 12.8 Å². The zero-order chi connectivity index (χ0) is 15.6. The molecule has 0 spiro atoms. The third-order valence-electron chi connectivity index (χ3n) is 2.81. The number of pyridine rings is 1. The molecule has 21 heavy (non-hydrogen) atoms. The van der Waals surface area contributed by atoms with Gasteiger partial charge in [-0.2, -0.15) is 0 Å². The maximum absolute atomic E-state index is 13.3. The molecule has 0 amide bonds. The van der Waals surface area contributed by atoms with Crippen molar-refractivity contribution in [3.05, 3.63) is 51.9 Å². The van der Waals surface area contributed by atoms with Crippen LogP contribution >= 0.6 is 15.9 Å². The Morgan fingerprint density at radius 2 is 2.10 bits per heavy atom. The molecular formula is C13H13BrFN3O2S. The van der Waals surface area contributed by atoms with Crippen LogP contribution in [0.15, 0.2) is 39.8 Å². The van der Waals surface area contributed by atoms with Crippen LogP contribution in [0.3, 0.4) is 0 Å². The van der Waals surface area contributed by atoms with Gasteiger partial charge in [0.25, 0.3) is 10.0 Å². The molecule has 1 aromatic heterocycles. The fourth-order valence-corrected chi connectivity index (χ4v) is 3.56. The maximum Gasteiger partial charge on any atom is 0.263 e. The van der Waals surface area contributed by atoms with Crippen LogP contribution in [-0.4, -0.2) is 13.4 Å². The minimum absolute atomic E-state index is 0.0106. The number of rotatable bonds is 4. The molecule has 0 bridgehead atoms. The highest BCUT2D eigenvalue weighted by molar-refractivity contribution is 9.10. The first-order chi connectivity index (χ1) is 9.83. The zero-order valence-electron chi connectivity index (χ0n) is 11.1. The molecule has 2 aromatic rings. The van der Waals surface area contributed by atoms with E-state index in [1.165, 1.54) is 18.3 Å². The van der Waals surface area contributed by atoms with Gasteiger partial charge in [-0.3, -0.25) is 4.72 Å². The molecule has 0 unspecified atom stereocenters. The number of halogens is 2. The van der Waals surface area contributed by atoms with E-state index >= 15 is 0 Å². The Hall–Kier alpha value is -1.51. The van der Waals surface area contributed by atoms with Gasteiger partial charge >= 0.3 is 0 Å². The van der Waals surface area contributed by atoms with Crippen molar-refractivity contribution in [2.75, 3.05) is 4.72 Å². The summed E-state index contributed by atoms with van der Waals surface area (Å²) in [6, 6.07) is 5.19. The second-order valence-corrected chi connectivity index (χ2v) is 6.95. The predicted octanol–water partition coefficient (Wildman–Crippen LogP) is 2.55. The number of sulfonamides is 1. The van der Waals surface area contributed by atoms with Crippen LogP contribution < -0.4 is 10.5 Å². The van der Waals surface area contributed by atoms with Gasteiger partial charge in [-0.25, -0.2) is 17.8 Å². The summed E-state index contributed by atoms with van der Waals surface area (Å²) in [6.07, 6.45) is 1.47. The van der Waals surface area contributed by atoms with Crippen molar-refractivity contribution >= 4 is 31.8 Å². The molecule has 0 saturated heterocycles. The maximum atomic E-state index is 13.3. The first-order valence-electron chi connectivity index (χ1n) is 5.97. The van der Waals surface area contributed by atoms with Crippen molar-refractivity contribution in [1.29, 1.82) is 0 Å². The number of benzene rings is 1. The Morgan fingerprint density at radius 3 is 2.71 bits per heavy atom. The lowest BCUT2D eigenvalue weighted by atomic mass is 10.2. The molecule has 0 aliphatic heterocycles. The Balaban J connectivity index is 2.45. The van der Waals surface area contributed by atoms with Crippen molar-refractivity contribution in [2.45, 2.75) is 18.4 Å². The molecule has 112 valence electrons. The molecule has 1 aromatic carbocycles. The first-order valence-corrected chi connectivity index (χ1v) is 8.24. The molecule has 2 rings (SSSR count). The number of hydrogen-bond donors (Lipinski definition) is 2. The summed E-state index contributed by atoms with van der Waals surface area (Å²) < 4.78 is 41.2. The lowest BCUT2D eigenvalue weighted by molar-refractivity contribution is 0.593. The molecule has 1 heterocycles. The summed E-state index contributed by atoms with van der Waals surface area (Å²) >= 11 is 3.25. The van der Waals surface area contributed by atoms with Gasteiger partial charge in [-0.1, -0.05) is 6.07 Å². The van der Waals surface area contributed by atoms with E-state index in [2.05, 4.69) is 25.6 Å². The van der Waals surface area contributed by atoms with Gasteiger partial charge in [-0.05, 0) is 52.2 Å². The van der Waals surface area contributed by atoms with Gasteiger partial charge in [0.1, 0.15) is 11.6 Å². The zero-order valence-corrected chi connectivity index (χ0v) is 13.5. The Kier molecular flexibility index (Phi) is 4.60. The molecule has 5 nitrogen and oxygen atoms in total. The summed E-state index contributed by atoms with van der Waals surface area (Å²) in [7, 11) is -3.96. The number of aromatic nitrogens is 1. The second-order valence-electron chi connectivity index (χ2n) is 4.38. The minimum Gasteiger partial charge on any atom is -0.326 e. The van der Waals surface area contributed by atoms with E-state index in [0.717, 1.165) is 10.5 Å². The minimum atomic E-state index is -3.96. The smallest absolute Gasteiger partial charge is 0.263 e. The van der Waals surface area contributed by atoms with Gasteiger partial charge < -0.3 is 5.73 Å². The Morgan fingerprint density at radius 1 is 1.38 bits per heavy atom. The van der Waals surface area contributed by atoms with Crippen molar-refractivity contribution < 1.29 is 12.8 Å².